The van der Waals surface area contributed by atoms with Gasteiger partial charge in [-0.2, -0.15) is 9.78 Å². The molecule has 8 nitrogen and oxygen atoms in total. The summed E-state index contributed by atoms with van der Waals surface area (Å²) in [6, 6.07) is 17.2. The summed E-state index contributed by atoms with van der Waals surface area (Å²) < 4.78 is 6.26. The molecule has 156 valence electrons. The molecule has 0 aliphatic rings. The zero-order chi connectivity index (χ0) is 21.8. The van der Waals surface area contributed by atoms with Crippen LogP contribution in [0.15, 0.2) is 70.8 Å². The summed E-state index contributed by atoms with van der Waals surface area (Å²) in [7, 11) is 0. The monoisotopic (exact) mass is 434 g/mol. The van der Waals surface area contributed by atoms with E-state index in [2.05, 4.69) is 15.7 Å². The Morgan fingerprint density at radius 2 is 1.71 bits per heavy atom. The van der Waals surface area contributed by atoms with Gasteiger partial charge in [-0.1, -0.05) is 36.4 Å². The van der Waals surface area contributed by atoms with E-state index < -0.39 is 17.6 Å². The maximum atomic E-state index is 13.3. The number of amides is 2. The fourth-order valence-corrected chi connectivity index (χ4v) is 3.95. The Labute approximate surface area is 181 Å². The number of rotatable bonds is 5. The number of nitrogens with one attached hydrogen (secondary N) is 2. The predicted molar refractivity (Wildman–Crippen MR) is 120 cm³/mol. The second-order valence-corrected chi connectivity index (χ2v) is 7.30. The number of carbonyl (C=O) groups is 2. The van der Waals surface area contributed by atoms with Crippen molar-refractivity contribution in [1.29, 1.82) is 0 Å². The van der Waals surface area contributed by atoms with Crippen molar-refractivity contribution in [2.24, 2.45) is 0 Å². The number of urea groups is 1. The lowest BCUT2D eigenvalue weighted by molar-refractivity contribution is 0.0520. The maximum Gasteiger partial charge on any atom is 0.359 e. The molecule has 2 aromatic carbocycles. The SMILES string of the molecule is CCOC(=O)c1nn(-c2ccccc2)c(=O)c2c(NC(=O)Nc3ccccc3)scc12. The Hall–Kier alpha value is -3.98. The number of nitrogens with zero attached hydrogens (tertiary/aromatic N) is 2. The van der Waals surface area contributed by atoms with Gasteiger partial charge in [0.15, 0.2) is 5.69 Å². The molecule has 9 heteroatoms. The summed E-state index contributed by atoms with van der Waals surface area (Å²) in [5.41, 5.74) is 0.654. The number of hydrogen-bond donors (Lipinski definition) is 2. The zero-order valence-electron chi connectivity index (χ0n) is 16.5. The van der Waals surface area contributed by atoms with Crippen LogP contribution in [0, 0.1) is 0 Å². The third-order valence-electron chi connectivity index (χ3n) is 4.38. The van der Waals surface area contributed by atoms with E-state index >= 15 is 0 Å². The van der Waals surface area contributed by atoms with E-state index in [1.807, 2.05) is 12.1 Å². The number of para-hydroxylation sites is 2. The van der Waals surface area contributed by atoms with Gasteiger partial charge >= 0.3 is 12.0 Å². The molecule has 0 aliphatic carbocycles. The minimum Gasteiger partial charge on any atom is -0.461 e. The largest absolute Gasteiger partial charge is 0.461 e. The molecule has 0 atom stereocenters. The molecular weight excluding hydrogens is 416 g/mol. The second kappa shape index (κ2) is 8.80. The molecule has 31 heavy (non-hydrogen) atoms. The first-order valence-electron chi connectivity index (χ1n) is 9.48. The van der Waals surface area contributed by atoms with Crippen molar-refractivity contribution in [2.45, 2.75) is 6.92 Å². The molecule has 0 fully saturated rings. The van der Waals surface area contributed by atoms with Gasteiger partial charge in [-0.3, -0.25) is 10.1 Å². The van der Waals surface area contributed by atoms with Crippen molar-refractivity contribution in [3.05, 3.63) is 82.1 Å². The van der Waals surface area contributed by atoms with Gasteiger partial charge in [0.2, 0.25) is 0 Å². The third kappa shape index (κ3) is 4.17. The van der Waals surface area contributed by atoms with Crippen molar-refractivity contribution in [3.8, 4) is 5.69 Å². The summed E-state index contributed by atoms with van der Waals surface area (Å²) in [5, 5.41) is 12.1. The Morgan fingerprint density at radius 1 is 1.03 bits per heavy atom. The number of fused-ring (bicyclic) bond motifs is 1. The van der Waals surface area contributed by atoms with Crippen LogP contribution >= 0.6 is 11.3 Å². The molecule has 2 amide bonds. The smallest absolute Gasteiger partial charge is 0.359 e. The molecular formula is C22H18N4O4S. The lowest BCUT2D eigenvalue weighted by Gasteiger charge is -2.10. The number of ether oxygens (including phenoxy) is 1. The number of thiophene rings is 1. The summed E-state index contributed by atoms with van der Waals surface area (Å²) in [6.07, 6.45) is 0. The molecule has 0 bridgehead atoms. The van der Waals surface area contributed by atoms with Crippen LogP contribution in [-0.4, -0.2) is 28.4 Å². The van der Waals surface area contributed by atoms with Crippen LogP contribution in [0.3, 0.4) is 0 Å². The highest BCUT2D eigenvalue weighted by Gasteiger charge is 2.23. The summed E-state index contributed by atoms with van der Waals surface area (Å²) >= 11 is 1.14. The Bertz CT molecular complexity index is 1300. The van der Waals surface area contributed by atoms with Crippen LogP contribution in [0.5, 0.6) is 0 Å². The molecule has 0 spiro atoms. The predicted octanol–water partition coefficient (Wildman–Crippen LogP) is 4.27. The normalized spacial score (nSPS) is 10.6. The van der Waals surface area contributed by atoms with Crippen molar-refractivity contribution in [1.82, 2.24) is 9.78 Å². The van der Waals surface area contributed by atoms with E-state index in [1.165, 1.54) is 0 Å². The van der Waals surface area contributed by atoms with Crippen LogP contribution in [-0.2, 0) is 4.74 Å². The third-order valence-corrected chi connectivity index (χ3v) is 5.28. The van der Waals surface area contributed by atoms with Crippen LogP contribution in [0.4, 0.5) is 15.5 Å². The van der Waals surface area contributed by atoms with E-state index in [-0.39, 0.29) is 17.7 Å². The lowest BCUT2D eigenvalue weighted by atomic mass is 10.2. The number of aromatic nitrogens is 2. The summed E-state index contributed by atoms with van der Waals surface area (Å²) in [4.78, 5) is 38.3. The number of anilines is 2. The zero-order valence-corrected chi connectivity index (χ0v) is 17.3. The first-order chi connectivity index (χ1) is 15.1. The van der Waals surface area contributed by atoms with Crippen LogP contribution in [0.25, 0.3) is 16.5 Å². The fourth-order valence-electron chi connectivity index (χ4n) is 3.02. The molecule has 0 aliphatic heterocycles. The van der Waals surface area contributed by atoms with Crippen LogP contribution < -0.4 is 16.2 Å². The minimum absolute atomic E-state index is 0.00747. The Kier molecular flexibility index (Phi) is 5.76. The van der Waals surface area contributed by atoms with Crippen molar-refractivity contribution >= 4 is 44.8 Å². The van der Waals surface area contributed by atoms with Gasteiger partial charge < -0.3 is 10.1 Å². The van der Waals surface area contributed by atoms with Crippen molar-refractivity contribution in [2.75, 3.05) is 17.2 Å². The number of benzene rings is 2. The highest BCUT2D eigenvalue weighted by atomic mass is 32.1. The number of hydrogen-bond acceptors (Lipinski definition) is 6. The van der Waals surface area contributed by atoms with E-state index in [4.69, 9.17) is 4.74 Å². The number of esters is 1. The van der Waals surface area contributed by atoms with Crippen LogP contribution in [0.1, 0.15) is 17.4 Å². The first-order valence-corrected chi connectivity index (χ1v) is 10.4. The van der Waals surface area contributed by atoms with Gasteiger partial charge in [0.25, 0.3) is 5.56 Å². The highest BCUT2D eigenvalue weighted by Crippen LogP contribution is 2.30. The van der Waals surface area contributed by atoms with Gasteiger partial charge in [-0.05, 0) is 31.2 Å². The summed E-state index contributed by atoms with van der Waals surface area (Å²) in [6.45, 7) is 1.86. The van der Waals surface area contributed by atoms with Gasteiger partial charge in [-0.15, -0.1) is 11.3 Å². The average molecular weight is 434 g/mol. The topological polar surface area (TPSA) is 102 Å². The number of carbonyl (C=O) groups excluding carboxylic acids is 2. The fraction of sp³-hybridized carbons (Fsp3) is 0.0909. The molecule has 2 N–H and O–H groups in total. The first kappa shape index (κ1) is 20.3. The van der Waals surface area contributed by atoms with Gasteiger partial charge in [0.1, 0.15) is 5.00 Å². The standard InChI is InChI=1S/C22H18N4O4S/c1-2-30-21(28)18-16-13-31-19(24-22(29)23-14-9-5-3-6-10-14)17(16)20(27)26(25-18)15-11-7-4-8-12-15/h3-13H,2H2,1H3,(H2,23,24,29). The highest BCUT2D eigenvalue weighted by molar-refractivity contribution is 7.16. The molecule has 2 heterocycles. The van der Waals surface area contributed by atoms with Crippen molar-refractivity contribution < 1.29 is 14.3 Å². The Balaban J connectivity index is 1.80. The van der Waals surface area contributed by atoms with E-state index in [1.54, 1.807) is 60.8 Å². The molecule has 4 aromatic rings. The maximum absolute atomic E-state index is 13.3. The summed E-state index contributed by atoms with van der Waals surface area (Å²) in [5.74, 6) is -0.643. The van der Waals surface area contributed by atoms with Crippen LogP contribution in [0.2, 0.25) is 0 Å². The van der Waals surface area contributed by atoms with E-state index in [0.717, 1.165) is 16.0 Å². The Morgan fingerprint density at radius 3 is 2.39 bits per heavy atom. The molecule has 0 radical (unpaired) electrons. The van der Waals surface area contributed by atoms with Gasteiger partial charge in [0.05, 0.1) is 17.7 Å². The average Bonchev–Trinajstić information content (AvgIpc) is 3.19. The van der Waals surface area contributed by atoms with Gasteiger partial charge in [-0.25, -0.2) is 9.59 Å². The minimum atomic E-state index is -0.643. The van der Waals surface area contributed by atoms with Gasteiger partial charge in [0, 0.05) is 16.5 Å². The van der Waals surface area contributed by atoms with E-state index in [9.17, 15) is 14.4 Å². The molecule has 0 saturated heterocycles. The molecule has 2 aromatic heterocycles. The quantitative estimate of drug-likeness (QED) is 0.457. The molecule has 0 unspecified atom stereocenters. The molecule has 4 rings (SSSR count). The second-order valence-electron chi connectivity index (χ2n) is 6.42. The lowest BCUT2D eigenvalue weighted by Crippen LogP contribution is -2.26. The molecule has 0 saturated carbocycles. The van der Waals surface area contributed by atoms with E-state index in [0.29, 0.717) is 21.8 Å². The van der Waals surface area contributed by atoms with Crippen molar-refractivity contribution in [3.63, 3.8) is 0 Å².